The lowest BCUT2D eigenvalue weighted by molar-refractivity contribution is 0.209. The van der Waals surface area contributed by atoms with Crippen LogP contribution in [-0.2, 0) is 0 Å². The average Bonchev–Trinajstić information content (AvgIpc) is 2.29. The van der Waals surface area contributed by atoms with Crippen LogP contribution in [0.15, 0.2) is 42.5 Å². The summed E-state index contributed by atoms with van der Waals surface area (Å²) in [4.78, 5) is 0. The second kappa shape index (κ2) is 4.63. The van der Waals surface area contributed by atoms with E-state index < -0.39 is 17.7 Å². The summed E-state index contributed by atoms with van der Waals surface area (Å²) in [5, 5.41) is 9.96. The molecule has 0 aliphatic heterocycles. The van der Waals surface area contributed by atoms with Crippen LogP contribution in [0.4, 0.5) is 8.78 Å². The molecule has 0 bridgehead atoms. The van der Waals surface area contributed by atoms with Gasteiger partial charge in [-0.1, -0.05) is 35.9 Å². The molecular weight excluding hydrogens is 222 g/mol. The van der Waals surface area contributed by atoms with Crippen LogP contribution >= 0.6 is 0 Å². The summed E-state index contributed by atoms with van der Waals surface area (Å²) in [6, 6.07) is 10.4. The normalized spacial score (nSPS) is 12.5. The smallest absolute Gasteiger partial charge is 0.132 e. The fourth-order valence-electron chi connectivity index (χ4n) is 1.69. The highest BCUT2D eigenvalue weighted by atomic mass is 19.1. The van der Waals surface area contributed by atoms with Gasteiger partial charge in [0.15, 0.2) is 0 Å². The Hall–Kier alpha value is -1.74. The van der Waals surface area contributed by atoms with E-state index in [2.05, 4.69) is 0 Å². The molecule has 1 unspecified atom stereocenters. The molecule has 17 heavy (non-hydrogen) atoms. The molecule has 0 fully saturated rings. The molecule has 1 atom stereocenters. The van der Waals surface area contributed by atoms with Crippen molar-refractivity contribution in [3.8, 4) is 0 Å². The van der Waals surface area contributed by atoms with Gasteiger partial charge in [0.1, 0.15) is 17.7 Å². The van der Waals surface area contributed by atoms with E-state index in [1.165, 1.54) is 6.07 Å². The minimum absolute atomic E-state index is 0.309. The zero-order valence-electron chi connectivity index (χ0n) is 9.32. The minimum Gasteiger partial charge on any atom is -0.383 e. The zero-order valence-corrected chi connectivity index (χ0v) is 9.32. The molecule has 0 heterocycles. The molecule has 2 aromatic carbocycles. The Labute approximate surface area is 98.3 Å². The number of hydrogen-bond acceptors (Lipinski definition) is 1. The SMILES string of the molecule is Cc1ccc(C(O)c2c(F)cccc2F)cc1. The summed E-state index contributed by atoms with van der Waals surface area (Å²) in [7, 11) is 0. The van der Waals surface area contributed by atoms with Crippen LogP contribution < -0.4 is 0 Å². The molecule has 0 aromatic heterocycles. The van der Waals surface area contributed by atoms with E-state index >= 15 is 0 Å². The molecule has 0 spiro atoms. The Kier molecular flexibility index (Phi) is 3.20. The molecule has 0 amide bonds. The van der Waals surface area contributed by atoms with Crippen LogP contribution in [-0.4, -0.2) is 5.11 Å². The molecular formula is C14H12F2O. The van der Waals surface area contributed by atoms with Gasteiger partial charge in [-0.05, 0) is 24.6 Å². The maximum absolute atomic E-state index is 13.5. The Balaban J connectivity index is 2.43. The topological polar surface area (TPSA) is 20.2 Å². The monoisotopic (exact) mass is 234 g/mol. The van der Waals surface area contributed by atoms with E-state index in [0.29, 0.717) is 5.56 Å². The van der Waals surface area contributed by atoms with Crippen LogP contribution in [0.25, 0.3) is 0 Å². The zero-order chi connectivity index (χ0) is 12.4. The molecule has 0 saturated heterocycles. The molecule has 0 aliphatic rings. The summed E-state index contributed by atoms with van der Waals surface area (Å²) in [6.45, 7) is 1.90. The third kappa shape index (κ3) is 2.34. The lowest BCUT2D eigenvalue weighted by Gasteiger charge is -2.13. The molecule has 0 saturated carbocycles. The number of benzene rings is 2. The van der Waals surface area contributed by atoms with Crippen LogP contribution in [0, 0.1) is 18.6 Å². The van der Waals surface area contributed by atoms with E-state index in [1.807, 2.05) is 6.92 Å². The molecule has 2 aromatic rings. The van der Waals surface area contributed by atoms with E-state index in [0.717, 1.165) is 17.7 Å². The van der Waals surface area contributed by atoms with E-state index in [4.69, 9.17) is 0 Å². The molecule has 1 N–H and O–H groups in total. The van der Waals surface area contributed by atoms with Crippen molar-refractivity contribution in [2.75, 3.05) is 0 Å². The van der Waals surface area contributed by atoms with Crippen LogP contribution in [0.1, 0.15) is 22.8 Å². The van der Waals surface area contributed by atoms with Gasteiger partial charge in [-0.15, -0.1) is 0 Å². The molecule has 2 rings (SSSR count). The molecule has 1 nitrogen and oxygen atoms in total. The second-order valence-electron chi connectivity index (χ2n) is 3.95. The number of rotatable bonds is 2. The second-order valence-corrected chi connectivity index (χ2v) is 3.95. The highest BCUT2D eigenvalue weighted by Crippen LogP contribution is 2.26. The third-order valence-corrected chi connectivity index (χ3v) is 2.67. The Morgan fingerprint density at radius 3 is 2.00 bits per heavy atom. The van der Waals surface area contributed by atoms with Gasteiger partial charge in [0.05, 0.1) is 5.56 Å². The van der Waals surface area contributed by atoms with E-state index in [-0.39, 0.29) is 5.56 Å². The van der Waals surface area contributed by atoms with Crippen LogP contribution in [0.5, 0.6) is 0 Å². The molecule has 3 heteroatoms. The predicted octanol–water partition coefficient (Wildman–Crippen LogP) is 3.35. The van der Waals surface area contributed by atoms with Gasteiger partial charge in [-0.2, -0.15) is 0 Å². The van der Waals surface area contributed by atoms with Crippen molar-refractivity contribution in [3.63, 3.8) is 0 Å². The summed E-state index contributed by atoms with van der Waals surface area (Å²) < 4.78 is 26.9. The fraction of sp³-hybridized carbons (Fsp3) is 0.143. The van der Waals surface area contributed by atoms with Crippen LogP contribution in [0.3, 0.4) is 0 Å². The first-order valence-corrected chi connectivity index (χ1v) is 5.28. The standard InChI is InChI=1S/C14H12F2O/c1-9-5-7-10(8-6-9)14(17)13-11(15)3-2-4-12(13)16/h2-8,14,17H,1H3. The van der Waals surface area contributed by atoms with Gasteiger partial charge >= 0.3 is 0 Å². The fourth-order valence-corrected chi connectivity index (χ4v) is 1.69. The van der Waals surface area contributed by atoms with Crippen LogP contribution in [0.2, 0.25) is 0 Å². The third-order valence-electron chi connectivity index (χ3n) is 2.67. The van der Waals surface area contributed by atoms with Gasteiger partial charge in [0, 0.05) is 0 Å². The summed E-state index contributed by atoms with van der Waals surface area (Å²) in [5.41, 5.74) is 1.19. The lowest BCUT2D eigenvalue weighted by atomic mass is 10.00. The van der Waals surface area contributed by atoms with Crippen molar-refractivity contribution in [1.29, 1.82) is 0 Å². The first-order valence-electron chi connectivity index (χ1n) is 5.28. The quantitative estimate of drug-likeness (QED) is 0.844. The summed E-state index contributed by atoms with van der Waals surface area (Å²) in [5.74, 6) is -1.48. The lowest BCUT2D eigenvalue weighted by Crippen LogP contribution is -2.05. The Bertz CT molecular complexity index is 500. The maximum atomic E-state index is 13.5. The van der Waals surface area contributed by atoms with Gasteiger partial charge in [-0.3, -0.25) is 0 Å². The van der Waals surface area contributed by atoms with Crippen molar-refractivity contribution >= 4 is 0 Å². The summed E-state index contributed by atoms with van der Waals surface area (Å²) >= 11 is 0. The van der Waals surface area contributed by atoms with Crippen molar-refractivity contribution in [1.82, 2.24) is 0 Å². The first kappa shape index (κ1) is 11.7. The average molecular weight is 234 g/mol. The Morgan fingerprint density at radius 2 is 1.47 bits per heavy atom. The van der Waals surface area contributed by atoms with Crippen molar-refractivity contribution in [2.45, 2.75) is 13.0 Å². The highest BCUT2D eigenvalue weighted by molar-refractivity contribution is 5.33. The van der Waals surface area contributed by atoms with Gasteiger partial charge in [0.25, 0.3) is 0 Å². The van der Waals surface area contributed by atoms with E-state index in [9.17, 15) is 13.9 Å². The van der Waals surface area contributed by atoms with Gasteiger partial charge < -0.3 is 5.11 Å². The number of halogens is 2. The van der Waals surface area contributed by atoms with Gasteiger partial charge in [0.2, 0.25) is 0 Å². The Morgan fingerprint density at radius 1 is 0.941 bits per heavy atom. The number of hydrogen-bond donors (Lipinski definition) is 1. The predicted molar refractivity (Wildman–Crippen MR) is 61.6 cm³/mol. The molecule has 0 aliphatic carbocycles. The first-order chi connectivity index (χ1) is 8.09. The van der Waals surface area contributed by atoms with Crippen molar-refractivity contribution in [2.24, 2.45) is 0 Å². The highest BCUT2D eigenvalue weighted by Gasteiger charge is 2.18. The largest absolute Gasteiger partial charge is 0.383 e. The minimum atomic E-state index is -1.28. The van der Waals surface area contributed by atoms with Crippen molar-refractivity contribution in [3.05, 3.63) is 70.8 Å². The number of aliphatic hydroxyl groups is 1. The molecule has 0 radical (unpaired) electrons. The number of aryl methyl sites for hydroxylation is 1. The summed E-state index contributed by atoms with van der Waals surface area (Å²) in [6.07, 6.45) is -1.28. The van der Waals surface area contributed by atoms with E-state index in [1.54, 1.807) is 24.3 Å². The van der Waals surface area contributed by atoms with Crippen molar-refractivity contribution < 1.29 is 13.9 Å². The van der Waals surface area contributed by atoms with Gasteiger partial charge in [-0.25, -0.2) is 8.78 Å². The maximum Gasteiger partial charge on any atom is 0.132 e. The number of aliphatic hydroxyl groups excluding tert-OH is 1. The molecule has 88 valence electrons.